The minimum Gasteiger partial charge on any atom is -0.496 e. The van der Waals surface area contributed by atoms with Crippen LogP contribution in [-0.4, -0.2) is 13.0 Å². The molecule has 0 unspecified atom stereocenters. The predicted octanol–water partition coefficient (Wildman–Crippen LogP) is 4.26. The third-order valence-corrected chi connectivity index (χ3v) is 4.48. The number of methoxy groups -OCH3 is 1. The van der Waals surface area contributed by atoms with Gasteiger partial charge < -0.3 is 10.1 Å². The smallest absolute Gasteiger partial charge is 0.244 e. The van der Waals surface area contributed by atoms with E-state index in [1.54, 1.807) is 24.5 Å². The van der Waals surface area contributed by atoms with Crippen molar-refractivity contribution in [3.63, 3.8) is 0 Å². The van der Waals surface area contributed by atoms with Crippen LogP contribution in [0.5, 0.6) is 5.75 Å². The van der Waals surface area contributed by atoms with Crippen molar-refractivity contribution in [1.29, 1.82) is 0 Å². The molecule has 1 N–H and O–H groups in total. The third-order valence-electron chi connectivity index (χ3n) is 3.50. The Hall–Kier alpha value is -2.07. The number of rotatable bonds is 5. The lowest BCUT2D eigenvalue weighted by Gasteiger charge is -2.17. The number of ether oxygens (including phenoxy) is 1. The van der Waals surface area contributed by atoms with E-state index in [1.165, 1.54) is 5.56 Å². The van der Waals surface area contributed by atoms with Crippen molar-refractivity contribution < 1.29 is 9.53 Å². The van der Waals surface area contributed by atoms with Gasteiger partial charge in [0.25, 0.3) is 0 Å². The van der Waals surface area contributed by atoms with Crippen LogP contribution >= 0.6 is 11.3 Å². The summed E-state index contributed by atoms with van der Waals surface area (Å²) in [4.78, 5) is 13.2. The molecule has 0 bridgehead atoms. The Morgan fingerprint density at radius 2 is 2.09 bits per heavy atom. The Bertz CT molecular complexity index is 688. The van der Waals surface area contributed by atoms with Gasteiger partial charge in [0, 0.05) is 16.5 Å². The second-order valence-corrected chi connectivity index (χ2v) is 6.22. The van der Waals surface area contributed by atoms with Gasteiger partial charge in [0.2, 0.25) is 5.91 Å². The molecule has 0 fully saturated rings. The molecular weight excluding hydrogens is 294 g/mol. The van der Waals surface area contributed by atoms with E-state index in [0.717, 1.165) is 21.8 Å². The highest BCUT2D eigenvalue weighted by atomic mass is 32.1. The van der Waals surface area contributed by atoms with E-state index in [9.17, 15) is 4.79 Å². The van der Waals surface area contributed by atoms with E-state index in [4.69, 9.17) is 4.74 Å². The standard InChI is InChI=1S/C18H21NO2S/c1-12-5-6-16(21-4)15(11-12)14(3)19-18(20)8-7-17-13(2)9-10-22-17/h5-11,14H,1-4H3,(H,19,20)/b8-7+/t14-/m1/s1. The Balaban J connectivity index is 2.07. The first kappa shape index (κ1) is 16.3. The lowest BCUT2D eigenvalue weighted by Crippen LogP contribution is -2.25. The van der Waals surface area contributed by atoms with Crippen LogP contribution in [0.25, 0.3) is 6.08 Å². The molecule has 22 heavy (non-hydrogen) atoms. The summed E-state index contributed by atoms with van der Waals surface area (Å²) in [7, 11) is 1.64. The summed E-state index contributed by atoms with van der Waals surface area (Å²) >= 11 is 1.63. The number of carbonyl (C=O) groups is 1. The van der Waals surface area contributed by atoms with E-state index in [1.807, 2.05) is 56.5 Å². The van der Waals surface area contributed by atoms with Gasteiger partial charge >= 0.3 is 0 Å². The van der Waals surface area contributed by atoms with Crippen LogP contribution in [0.4, 0.5) is 0 Å². The summed E-state index contributed by atoms with van der Waals surface area (Å²) in [5.74, 6) is 0.681. The molecule has 1 atom stereocenters. The highest BCUT2D eigenvalue weighted by molar-refractivity contribution is 7.11. The molecule has 2 rings (SSSR count). The zero-order valence-corrected chi connectivity index (χ0v) is 14.2. The number of thiophene rings is 1. The number of aryl methyl sites for hydroxylation is 2. The van der Waals surface area contributed by atoms with Crippen molar-refractivity contribution in [2.75, 3.05) is 7.11 Å². The van der Waals surface area contributed by atoms with Crippen molar-refractivity contribution in [2.24, 2.45) is 0 Å². The van der Waals surface area contributed by atoms with Crippen LogP contribution < -0.4 is 10.1 Å². The molecule has 1 aromatic carbocycles. The molecular formula is C18H21NO2S. The van der Waals surface area contributed by atoms with Gasteiger partial charge in [0.15, 0.2) is 0 Å². The average molecular weight is 315 g/mol. The maximum atomic E-state index is 12.1. The molecule has 2 aromatic rings. The third kappa shape index (κ3) is 3.98. The zero-order valence-electron chi connectivity index (χ0n) is 13.3. The summed E-state index contributed by atoms with van der Waals surface area (Å²) < 4.78 is 5.37. The summed E-state index contributed by atoms with van der Waals surface area (Å²) in [6.07, 6.45) is 3.44. The van der Waals surface area contributed by atoms with E-state index >= 15 is 0 Å². The number of hydrogen-bond acceptors (Lipinski definition) is 3. The van der Waals surface area contributed by atoms with Gasteiger partial charge in [-0.1, -0.05) is 17.7 Å². The normalized spacial score (nSPS) is 12.4. The van der Waals surface area contributed by atoms with Gasteiger partial charge in [0.1, 0.15) is 5.75 Å². The molecule has 0 saturated carbocycles. The summed E-state index contributed by atoms with van der Waals surface area (Å²) in [5, 5.41) is 5.00. The van der Waals surface area contributed by atoms with Gasteiger partial charge in [-0.3, -0.25) is 4.79 Å². The molecule has 0 aliphatic heterocycles. The summed E-state index contributed by atoms with van der Waals surface area (Å²) in [6.45, 7) is 6.02. The fraction of sp³-hybridized carbons (Fsp3) is 0.278. The van der Waals surface area contributed by atoms with Gasteiger partial charge in [0.05, 0.1) is 13.2 Å². The van der Waals surface area contributed by atoms with Crippen LogP contribution in [0.2, 0.25) is 0 Å². The number of carbonyl (C=O) groups excluding carboxylic acids is 1. The SMILES string of the molecule is COc1ccc(C)cc1[C@@H](C)NC(=O)/C=C/c1sccc1C. The molecule has 3 nitrogen and oxygen atoms in total. The predicted molar refractivity (Wildman–Crippen MR) is 92.4 cm³/mol. The second-order valence-electron chi connectivity index (χ2n) is 5.28. The van der Waals surface area contributed by atoms with Gasteiger partial charge in [-0.25, -0.2) is 0 Å². The van der Waals surface area contributed by atoms with Crippen LogP contribution in [0, 0.1) is 13.8 Å². The lowest BCUT2D eigenvalue weighted by molar-refractivity contribution is -0.117. The highest BCUT2D eigenvalue weighted by Crippen LogP contribution is 2.26. The van der Waals surface area contributed by atoms with E-state index in [0.29, 0.717) is 0 Å². The molecule has 0 spiro atoms. The number of benzene rings is 1. The Morgan fingerprint density at radius 3 is 2.73 bits per heavy atom. The molecule has 0 aliphatic rings. The molecule has 1 amide bonds. The minimum atomic E-state index is -0.114. The largest absolute Gasteiger partial charge is 0.496 e. The van der Waals surface area contributed by atoms with Crippen molar-refractivity contribution in [1.82, 2.24) is 5.32 Å². The summed E-state index contributed by atoms with van der Waals surface area (Å²) in [5.41, 5.74) is 3.31. The Labute approximate surface area is 135 Å². The average Bonchev–Trinajstić information content (AvgIpc) is 2.90. The van der Waals surface area contributed by atoms with Crippen LogP contribution in [-0.2, 0) is 4.79 Å². The topological polar surface area (TPSA) is 38.3 Å². The minimum absolute atomic E-state index is 0.108. The monoisotopic (exact) mass is 315 g/mol. The number of amides is 1. The molecule has 1 aromatic heterocycles. The van der Waals surface area contributed by atoms with Gasteiger partial charge in [-0.05, 0) is 49.9 Å². The second kappa shape index (κ2) is 7.27. The van der Waals surface area contributed by atoms with Gasteiger partial charge in [-0.15, -0.1) is 11.3 Å². The number of nitrogens with one attached hydrogen (secondary N) is 1. The maximum absolute atomic E-state index is 12.1. The Morgan fingerprint density at radius 1 is 1.32 bits per heavy atom. The first-order chi connectivity index (χ1) is 10.5. The van der Waals surface area contributed by atoms with Crippen molar-refractivity contribution in [3.8, 4) is 5.75 Å². The molecule has 0 aliphatic carbocycles. The summed E-state index contributed by atoms with van der Waals surface area (Å²) in [6, 6.07) is 7.89. The molecule has 0 saturated heterocycles. The molecule has 116 valence electrons. The first-order valence-corrected chi connectivity index (χ1v) is 8.06. The van der Waals surface area contributed by atoms with Crippen LogP contribution in [0.1, 0.15) is 34.5 Å². The van der Waals surface area contributed by atoms with E-state index in [2.05, 4.69) is 5.32 Å². The van der Waals surface area contributed by atoms with Crippen molar-refractivity contribution in [3.05, 3.63) is 57.3 Å². The van der Waals surface area contributed by atoms with Crippen molar-refractivity contribution >= 4 is 23.3 Å². The fourth-order valence-electron chi connectivity index (χ4n) is 2.24. The zero-order chi connectivity index (χ0) is 16.1. The van der Waals surface area contributed by atoms with Crippen LogP contribution in [0.15, 0.2) is 35.7 Å². The fourth-order valence-corrected chi connectivity index (χ4v) is 3.06. The Kier molecular flexibility index (Phi) is 5.39. The highest BCUT2D eigenvalue weighted by Gasteiger charge is 2.13. The number of hydrogen-bond donors (Lipinski definition) is 1. The molecule has 0 radical (unpaired) electrons. The van der Waals surface area contributed by atoms with E-state index in [-0.39, 0.29) is 11.9 Å². The van der Waals surface area contributed by atoms with Crippen molar-refractivity contribution in [2.45, 2.75) is 26.8 Å². The molecule has 1 heterocycles. The quantitative estimate of drug-likeness (QED) is 0.837. The maximum Gasteiger partial charge on any atom is 0.244 e. The lowest BCUT2D eigenvalue weighted by atomic mass is 10.0. The molecule has 4 heteroatoms. The van der Waals surface area contributed by atoms with Crippen LogP contribution in [0.3, 0.4) is 0 Å². The van der Waals surface area contributed by atoms with Gasteiger partial charge in [-0.2, -0.15) is 0 Å². The first-order valence-electron chi connectivity index (χ1n) is 7.18. The van der Waals surface area contributed by atoms with E-state index < -0.39 is 0 Å².